The number of carbonyl (C=O) groups is 2. The van der Waals surface area contributed by atoms with E-state index in [0.717, 1.165) is 10.2 Å². The van der Waals surface area contributed by atoms with E-state index in [1.165, 1.54) is 6.33 Å². The molecule has 7 nitrogen and oxygen atoms in total. The number of hydrogen-bond donors (Lipinski definition) is 2. The first-order chi connectivity index (χ1) is 11.6. The lowest BCUT2D eigenvalue weighted by Gasteiger charge is -2.08. The van der Waals surface area contributed by atoms with Crippen LogP contribution in [0.15, 0.2) is 65.7 Å². The molecule has 2 amide bonds. The van der Waals surface area contributed by atoms with Crippen molar-refractivity contribution in [2.24, 2.45) is 0 Å². The molecule has 0 unspecified atom stereocenters. The van der Waals surface area contributed by atoms with E-state index in [9.17, 15) is 9.59 Å². The van der Waals surface area contributed by atoms with Gasteiger partial charge in [0.1, 0.15) is 12.7 Å². The molecule has 0 bridgehead atoms. The molecule has 120 valence electrons. The van der Waals surface area contributed by atoms with Crippen LogP contribution in [0.5, 0.6) is 0 Å². The van der Waals surface area contributed by atoms with Crippen LogP contribution in [0.4, 0.5) is 0 Å². The molecule has 24 heavy (non-hydrogen) atoms. The summed E-state index contributed by atoms with van der Waals surface area (Å²) in [7, 11) is 0. The van der Waals surface area contributed by atoms with Crippen molar-refractivity contribution in [3.05, 3.63) is 76.8 Å². The fraction of sp³-hybridized carbons (Fsp3) is 0. The number of carbonyl (C=O) groups excluding carboxylic acids is 2. The summed E-state index contributed by atoms with van der Waals surface area (Å²) in [6, 6.07) is 13.5. The summed E-state index contributed by atoms with van der Waals surface area (Å²) in [5.74, 6) is -0.805. The van der Waals surface area contributed by atoms with Gasteiger partial charge in [-0.1, -0.05) is 15.9 Å². The maximum absolute atomic E-state index is 12.1. The Bertz CT molecular complexity index is 845. The molecule has 2 aromatic carbocycles. The van der Waals surface area contributed by atoms with Gasteiger partial charge in [-0.25, -0.2) is 9.67 Å². The largest absolute Gasteiger partial charge is 0.269 e. The van der Waals surface area contributed by atoms with Crippen molar-refractivity contribution in [3.63, 3.8) is 0 Å². The Morgan fingerprint density at radius 2 is 1.42 bits per heavy atom. The van der Waals surface area contributed by atoms with Crippen LogP contribution in [-0.4, -0.2) is 26.6 Å². The molecule has 2 N–H and O–H groups in total. The molecule has 0 spiro atoms. The Labute approximate surface area is 145 Å². The lowest BCUT2D eigenvalue weighted by atomic mass is 10.2. The number of aromatic nitrogens is 3. The van der Waals surface area contributed by atoms with E-state index < -0.39 is 11.8 Å². The molecule has 1 aromatic heterocycles. The molecule has 3 rings (SSSR count). The number of amides is 2. The molecular formula is C16H12BrN5O2. The number of benzene rings is 2. The maximum atomic E-state index is 12.1. The van der Waals surface area contributed by atoms with Crippen molar-refractivity contribution >= 4 is 27.7 Å². The molecule has 3 aromatic rings. The molecule has 0 atom stereocenters. The van der Waals surface area contributed by atoms with Crippen LogP contribution in [0.1, 0.15) is 20.7 Å². The molecule has 8 heteroatoms. The van der Waals surface area contributed by atoms with Crippen molar-refractivity contribution in [1.29, 1.82) is 0 Å². The van der Waals surface area contributed by atoms with Gasteiger partial charge in [0.25, 0.3) is 11.8 Å². The lowest BCUT2D eigenvalue weighted by molar-refractivity contribution is 0.0846. The fourth-order valence-corrected chi connectivity index (χ4v) is 2.23. The summed E-state index contributed by atoms with van der Waals surface area (Å²) < 4.78 is 2.45. The Kier molecular flexibility index (Phi) is 4.66. The second kappa shape index (κ2) is 7.05. The molecule has 0 saturated carbocycles. The Balaban J connectivity index is 1.60. The monoisotopic (exact) mass is 385 g/mol. The van der Waals surface area contributed by atoms with Gasteiger partial charge >= 0.3 is 0 Å². The molecule has 0 aliphatic carbocycles. The first kappa shape index (κ1) is 15.9. The molecule has 0 fully saturated rings. The molecule has 0 aliphatic rings. The number of halogens is 1. The minimum absolute atomic E-state index is 0.393. The van der Waals surface area contributed by atoms with Gasteiger partial charge in [-0.3, -0.25) is 20.4 Å². The van der Waals surface area contributed by atoms with Crippen LogP contribution in [0.3, 0.4) is 0 Å². The van der Waals surface area contributed by atoms with Crippen molar-refractivity contribution < 1.29 is 9.59 Å². The van der Waals surface area contributed by atoms with E-state index in [-0.39, 0.29) is 0 Å². The van der Waals surface area contributed by atoms with Crippen molar-refractivity contribution in [2.45, 2.75) is 0 Å². The van der Waals surface area contributed by atoms with Gasteiger partial charge in [-0.05, 0) is 48.5 Å². The van der Waals surface area contributed by atoms with Crippen LogP contribution < -0.4 is 10.9 Å². The highest BCUT2D eigenvalue weighted by Crippen LogP contribution is 2.10. The van der Waals surface area contributed by atoms with Crippen molar-refractivity contribution in [3.8, 4) is 5.69 Å². The Morgan fingerprint density at radius 1 is 0.875 bits per heavy atom. The number of nitrogens with one attached hydrogen (secondary N) is 2. The summed E-state index contributed by atoms with van der Waals surface area (Å²) in [4.78, 5) is 27.9. The second-order valence-electron chi connectivity index (χ2n) is 4.80. The van der Waals surface area contributed by atoms with Crippen LogP contribution >= 0.6 is 15.9 Å². The van der Waals surface area contributed by atoms with Crippen LogP contribution in [0.25, 0.3) is 5.69 Å². The second-order valence-corrected chi connectivity index (χ2v) is 5.72. The zero-order chi connectivity index (χ0) is 16.9. The minimum atomic E-state index is -0.411. The van der Waals surface area contributed by atoms with E-state index in [1.54, 1.807) is 59.5 Å². The zero-order valence-electron chi connectivity index (χ0n) is 12.3. The average Bonchev–Trinajstić information content (AvgIpc) is 3.15. The topological polar surface area (TPSA) is 88.9 Å². The Morgan fingerprint density at radius 3 is 1.92 bits per heavy atom. The molecule has 0 radical (unpaired) electrons. The van der Waals surface area contributed by atoms with E-state index in [0.29, 0.717) is 11.1 Å². The molecule has 0 aliphatic heterocycles. The molecule has 0 saturated heterocycles. The van der Waals surface area contributed by atoms with E-state index in [1.807, 2.05) is 0 Å². The first-order valence-electron chi connectivity index (χ1n) is 6.95. The summed E-state index contributed by atoms with van der Waals surface area (Å²) in [5.41, 5.74) is 6.40. The van der Waals surface area contributed by atoms with Gasteiger partial charge in [-0.15, -0.1) is 0 Å². The first-order valence-corrected chi connectivity index (χ1v) is 7.74. The number of hydrogen-bond acceptors (Lipinski definition) is 4. The highest BCUT2D eigenvalue weighted by Gasteiger charge is 2.09. The van der Waals surface area contributed by atoms with E-state index in [4.69, 9.17) is 0 Å². The SMILES string of the molecule is O=C(NNC(=O)c1ccc(-n2cncn2)cc1)c1ccc(Br)cc1. The summed E-state index contributed by atoms with van der Waals surface area (Å²) >= 11 is 3.30. The van der Waals surface area contributed by atoms with Crippen molar-refractivity contribution in [2.75, 3.05) is 0 Å². The quantitative estimate of drug-likeness (QED) is 0.675. The van der Waals surface area contributed by atoms with Gasteiger partial charge in [0.05, 0.1) is 5.69 Å². The fourth-order valence-electron chi connectivity index (χ4n) is 1.97. The van der Waals surface area contributed by atoms with E-state index in [2.05, 4.69) is 36.9 Å². The zero-order valence-corrected chi connectivity index (χ0v) is 13.9. The third kappa shape index (κ3) is 3.66. The number of nitrogens with zero attached hydrogens (tertiary/aromatic N) is 3. The van der Waals surface area contributed by atoms with Crippen molar-refractivity contribution in [1.82, 2.24) is 25.6 Å². The standard InChI is InChI=1S/C16H12BrN5O2/c17-13-5-1-11(2-6-13)15(23)20-21-16(24)12-3-7-14(8-4-12)22-10-18-9-19-22/h1-10H,(H,20,23)(H,21,24). The third-order valence-electron chi connectivity index (χ3n) is 3.21. The lowest BCUT2D eigenvalue weighted by Crippen LogP contribution is -2.41. The maximum Gasteiger partial charge on any atom is 0.269 e. The van der Waals surface area contributed by atoms with E-state index >= 15 is 0 Å². The Hall–Kier alpha value is -3.00. The predicted molar refractivity (Wildman–Crippen MR) is 90.4 cm³/mol. The third-order valence-corrected chi connectivity index (χ3v) is 3.74. The highest BCUT2D eigenvalue weighted by molar-refractivity contribution is 9.10. The normalized spacial score (nSPS) is 10.2. The van der Waals surface area contributed by atoms with Gasteiger partial charge in [0, 0.05) is 15.6 Å². The van der Waals surface area contributed by atoms with Gasteiger partial charge in [0.15, 0.2) is 0 Å². The number of hydrazine groups is 1. The van der Waals surface area contributed by atoms with Crippen LogP contribution in [-0.2, 0) is 0 Å². The summed E-state index contributed by atoms with van der Waals surface area (Å²) in [5, 5.41) is 4.00. The molecule has 1 heterocycles. The summed E-state index contributed by atoms with van der Waals surface area (Å²) in [6.45, 7) is 0. The van der Waals surface area contributed by atoms with Gasteiger partial charge in [0.2, 0.25) is 0 Å². The van der Waals surface area contributed by atoms with Gasteiger partial charge in [-0.2, -0.15) is 5.10 Å². The minimum Gasteiger partial charge on any atom is -0.267 e. The number of rotatable bonds is 3. The van der Waals surface area contributed by atoms with Gasteiger partial charge < -0.3 is 0 Å². The van der Waals surface area contributed by atoms with Crippen LogP contribution in [0, 0.1) is 0 Å². The average molecular weight is 386 g/mol. The predicted octanol–water partition coefficient (Wildman–Crippen LogP) is 2.10. The summed E-state index contributed by atoms with van der Waals surface area (Å²) in [6.07, 6.45) is 2.99. The molecular weight excluding hydrogens is 374 g/mol. The highest BCUT2D eigenvalue weighted by atomic mass is 79.9. The smallest absolute Gasteiger partial charge is 0.267 e. The van der Waals surface area contributed by atoms with Crippen LogP contribution in [0.2, 0.25) is 0 Å².